The highest BCUT2D eigenvalue weighted by Crippen LogP contribution is 2.58. The van der Waals surface area contributed by atoms with E-state index in [1.807, 2.05) is 19.9 Å². The van der Waals surface area contributed by atoms with Crippen molar-refractivity contribution in [1.82, 2.24) is 10.3 Å². The summed E-state index contributed by atoms with van der Waals surface area (Å²) in [5, 5.41) is 3.33. The molecule has 1 saturated heterocycles. The highest BCUT2D eigenvalue weighted by Gasteiger charge is 2.60. The van der Waals surface area contributed by atoms with E-state index in [4.69, 9.17) is 0 Å². The number of aryl methyl sites for hydroxylation is 1. The van der Waals surface area contributed by atoms with E-state index in [1.165, 1.54) is 6.07 Å². The molecular formula is C24H31F3N2O2. The number of halogens is 3. The molecule has 7 heteroatoms. The number of ketones is 2. The molecule has 1 N–H and O–H groups in total. The van der Waals surface area contributed by atoms with Crippen LogP contribution < -0.4 is 5.32 Å². The van der Waals surface area contributed by atoms with Gasteiger partial charge in [-0.05, 0) is 56.1 Å². The van der Waals surface area contributed by atoms with Gasteiger partial charge in [-0.25, -0.2) is 4.98 Å². The van der Waals surface area contributed by atoms with E-state index in [1.54, 1.807) is 6.92 Å². The van der Waals surface area contributed by atoms with Crippen LogP contribution in [0.15, 0.2) is 24.8 Å². The number of aromatic nitrogens is 1. The lowest BCUT2D eigenvalue weighted by Crippen LogP contribution is -2.35. The fourth-order valence-corrected chi connectivity index (χ4v) is 4.60. The molecule has 2 aliphatic rings. The Morgan fingerprint density at radius 2 is 2.00 bits per heavy atom. The summed E-state index contributed by atoms with van der Waals surface area (Å²) in [6, 6.07) is 2.12. The smallest absolute Gasteiger partial charge is 0.304 e. The average Bonchev–Trinajstić information content (AvgIpc) is 3.24. The predicted molar refractivity (Wildman–Crippen MR) is 113 cm³/mol. The maximum absolute atomic E-state index is 13.0. The first kappa shape index (κ1) is 23.6. The SMILES string of the molecule is C=CCCC(C)(C)C(=O)CC[C@@]12C[C@@H](C(=O)Cc3nc(C(F)(F)F)ccc3C)N[C@@H]1C2. The van der Waals surface area contributed by atoms with E-state index < -0.39 is 17.9 Å². The zero-order valence-corrected chi connectivity index (χ0v) is 18.4. The molecule has 3 rings (SSSR count). The van der Waals surface area contributed by atoms with Crippen LogP contribution in [0.25, 0.3) is 0 Å². The number of fused-ring (bicyclic) bond motifs is 1. The van der Waals surface area contributed by atoms with Crippen molar-refractivity contribution in [2.24, 2.45) is 10.8 Å². The molecule has 0 aromatic carbocycles. The number of rotatable bonds is 10. The molecule has 0 bridgehead atoms. The van der Waals surface area contributed by atoms with Crippen LogP contribution in [-0.2, 0) is 22.2 Å². The Bertz CT molecular complexity index is 878. The maximum Gasteiger partial charge on any atom is 0.433 e. The molecule has 2 fully saturated rings. The third kappa shape index (κ3) is 5.25. The topological polar surface area (TPSA) is 59.1 Å². The molecule has 2 heterocycles. The highest BCUT2D eigenvalue weighted by molar-refractivity contribution is 5.87. The van der Waals surface area contributed by atoms with Gasteiger partial charge in [0.15, 0.2) is 5.78 Å². The van der Waals surface area contributed by atoms with Crippen LogP contribution in [-0.4, -0.2) is 28.6 Å². The van der Waals surface area contributed by atoms with Crippen molar-refractivity contribution in [2.75, 3.05) is 0 Å². The Labute approximate surface area is 181 Å². The van der Waals surface area contributed by atoms with Gasteiger partial charge in [-0.15, -0.1) is 6.58 Å². The molecule has 0 spiro atoms. The fraction of sp³-hybridized carbons (Fsp3) is 0.625. The second kappa shape index (κ2) is 8.49. The van der Waals surface area contributed by atoms with Crippen molar-refractivity contribution in [3.05, 3.63) is 41.7 Å². The zero-order chi connectivity index (χ0) is 23.0. The lowest BCUT2D eigenvalue weighted by atomic mass is 9.79. The first-order valence-electron chi connectivity index (χ1n) is 10.8. The van der Waals surface area contributed by atoms with E-state index in [9.17, 15) is 22.8 Å². The minimum atomic E-state index is -4.53. The number of hydrogen-bond acceptors (Lipinski definition) is 4. The minimum Gasteiger partial charge on any atom is -0.304 e. The monoisotopic (exact) mass is 436 g/mol. The lowest BCUT2D eigenvalue weighted by Gasteiger charge is -2.23. The number of allylic oxidation sites excluding steroid dienone is 1. The van der Waals surface area contributed by atoms with E-state index in [0.29, 0.717) is 18.4 Å². The number of Topliss-reactive ketones (excluding diaryl/α,β-unsaturated/α-hetero) is 2. The van der Waals surface area contributed by atoms with Gasteiger partial charge in [0.05, 0.1) is 18.2 Å². The van der Waals surface area contributed by atoms with Crippen molar-refractivity contribution >= 4 is 11.6 Å². The normalized spacial score (nSPS) is 25.2. The summed E-state index contributed by atoms with van der Waals surface area (Å²) >= 11 is 0. The Morgan fingerprint density at radius 1 is 1.29 bits per heavy atom. The van der Waals surface area contributed by atoms with Crippen LogP contribution in [0.2, 0.25) is 0 Å². The number of nitrogens with one attached hydrogen (secondary N) is 1. The number of hydrogen-bond donors (Lipinski definition) is 1. The van der Waals surface area contributed by atoms with Gasteiger partial charge in [-0.3, -0.25) is 9.59 Å². The summed E-state index contributed by atoms with van der Waals surface area (Å²) in [6.07, 6.45) is 1.54. The Hall–Kier alpha value is -2.02. The summed E-state index contributed by atoms with van der Waals surface area (Å²) in [7, 11) is 0. The first-order chi connectivity index (χ1) is 14.4. The van der Waals surface area contributed by atoms with Crippen molar-refractivity contribution < 1.29 is 22.8 Å². The standard InChI is InChI=1S/C24H31F3N2O2/c1-5-6-10-22(3,4)21(31)9-11-23-13-17(29-20(23)14-23)18(30)12-16-15(2)7-8-19(28-16)24(25,26)27/h5,7-8,17,20,29H,1,6,9-14H2,2-4H3/t17-,20+,23-/m0/s1. The largest absolute Gasteiger partial charge is 0.433 e. The Balaban J connectivity index is 1.57. The molecular weight excluding hydrogens is 405 g/mol. The van der Waals surface area contributed by atoms with Crippen LogP contribution >= 0.6 is 0 Å². The second-order valence-corrected chi connectivity index (χ2v) is 9.78. The number of nitrogens with zero attached hydrogens (tertiary/aromatic N) is 1. The molecule has 4 nitrogen and oxygen atoms in total. The lowest BCUT2D eigenvalue weighted by molar-refractivity contribution is -0.141. The van der Waals surface area contributed by atoms with Gasteiger partial charge in [-0.2, -0.15) is 13.2 Å². The summed E-state index contributed by atoms with van der Waals surface area (Å²) in [5.41, 5.74) is -0.650. The molecule has 170 valence electrons. The summed E-state index contributed by atoms with van der Waals surface area (Å²) in [4.78, 5) is 29.2. The molecule has 31 heavy (non-hydrogen) atoms. The van der Waals surface area contributed by atoms with E-state index in [-0.39, 0.29) is 40.6 Å². The molecule has 1 aromatic heterocycles. The van der Waals surface area contributed by atoms with Gasteiger partial charge in [0.1, 0.15) is 11.5 Å². The third-order valence-electron chi connectivity index (χ3n) is 7.00. The Kier molecular flexibility index (Phi) is 6.47. The number of piperidine rings is 1. The molecule has 1 aliphatic carbocycles. The summed E-state index contributed by atoms with van der Waals surface area (Å²) in [6.45, 7) is 9.30. The van der Waals surface area contributed by atoms with Gasteiger partial charge in [-0.1, -0.05) is 26.0 Å². The predicted octanol–water partition coefficient (Wildman–Crippen LogP) is 4.98. The van der Waals surface area contributed by atoms with Gasteiger partial charge in [0.25, 0.3) is 0 Å². The van der Waals surface area contributed by atoms with Crippen molar-refractivity contribution in [3.8, 4) is 0 Å². The van der Waals surface area contributed by atoms with Crippen LogP contribution in [0.3, 0.4) is 0 Å². The van der Waals surface area contributed by atoms with Crippen LogP contribution in [0.4, 0.5) is 13.2 Å². The number of carbonyl (C=O) groups is 2. The van der Waals surface area contributed by atoms with Gasteiger partial charge >= 0.3 is 6.18 Å². The van der Waals surface area contributed by atoms with Crippen LogP contribution in [0.1, 0.15) is 69.3 Å². The molecule has 0 unspecified atom stereocenters. The van der Waals surface area contributed by atoms with E-state index in [2.05, 4.69) is 16.9 Å². The minimum absolute atomic E-state index is 0.0409. The molecule has 1 saturated carbocycles. The van der Waals surface area contributed by atoms with Gasteiger partial charge < -0.3 is 5.32 Å². The van der Waals surface area contributed by atoms with Crippen molar-refractivity contribution in [3.63, 3.8) is 0 Å². The van der Waals surface area contributed by atoms with Gasteiger partial charge in [0.2, 0.25) is 0 Å². The fourth-order valence-electron chi connectivity index (χ4n) is 4.60. The Morgan fingerprint density at radius 3 is 2.65 bits per heavy atom. The first-order valence-corrected chi connectivity index (χ1v) is 10.8. The molecule has 0 amide bonds. The van der Waals surface area contributed by atoms with Crippen LogP contribution in [0.5, 0.6) is 0 Å². The number of pyridine rings is 1. The van der Waals surface area contributed by atoms with Crippen molar-refractivity contribution in [1.29, 1.82) is 0 Å². The third-order valence-corrected chi connectivity index (χ3v) is 7.00. The number of carbonyl (C=O) groups excluding carboxylic acids is 2. The molecule has 3 atom stereocenters. The summed E-state index contributed by atoms with van der Waals surface area (Å²) in [5.74, 6) is 0.0899. The highest BCUT2D eigenvalue weighted by atomic mass is 19.4. The maximum atomic E-state index is 13.0. The number of alkyl halides is 3. The average molecular weight is 437 g/mol. The summed E-state index contributed by atoms with van der Waals surface area (Å²) < 4.78 is 38.9. The quantitative estimate of drug-likeness (QED) is 0.526. The van der Waals surface area contributed by atoms with Crippen LogP contribution in [0, 0.1) is 17.8 Å². The van der Waals surface area contributed by atoms with Gasteiger partial charge in [0, 0.05) is 17.9 Å². The van der Waals surface area contributed by atoms with E-state index >= 15 is 0 Å². The zero-order valence-electron chi connectivity index (χ0n) is 18.4. The molecule has 1 aromatic rings. The molecule has 1 aliphatic heterocycles. The van der Waals surface area contributed by atoms with E-state index in [0.717, 1.165) is 31.7 Å². The molecule has 0 radical (unpaired) electrons. The second-order valence-electron chi connectivity index (χ2n) is 9.78. The van der Waals surface area contributed by atoms with Crippen molar-refractivity contribution in [2.45, 2.75) is 84.0 Å².